The van der Waals surface area contributed by atoms with E-state index in [4.69, 9.17) is 4.74 Å². The van der Waals surface area contributed by atoms with Crippen LogP contribution >= 0.6 is 0 Å². The third kappa shape index (κ3) is 4.50. The lowest BCUT2D eigenvalue weighted by Crippen LogP contribution is -2.31. The SMILES string of the molecule is COc1ccc(CN2CCCN(c3cc(N4CCCC4)ncn3)CC2)cc1. The lowest BCUT2D eigenvalue weighted by molar-refractivity contribution is 0.285. The quantitative estimate of drug-likeness (QED) is 0.810. The van der Waals surface area contributed by atoms with Gasteiger partial charge in [0.2, 0.25) is 0 Å². The molecule has 0 atom stereocenters. The van der Waals surface area contributed by atoms with Crippen molar-refractivity contribution in [1.82, 2.24) is 14.9 Å². The number of ether oxygens (including phenoxy) is 1. The Bertz CT molecular complexity index is 730. The summed E-state index contributed by atoms with van der Waals surface area (Å²) < 4.78 is 5.25. The second-order valence-electron chi connectivity index (χ2n) is 7.39. The molecule has 0 amide bonds. The first kappa shape index (κ1) is 18.0. The monoisotopic (exact) mass is 367 g/mol. The van der Waals surface area contributed by atoms with Crippen LogP contribution < -0.4 is 14.5 Å². The maximum absolute atomic E-state index is 5.25. The molecule has 0 bridgehead atoms. The van der Waals surface area contributed by atoms with Crippen molar-refractivity contribution in [2.45, 2.75) is 25.8 Å². The number of aromatic nitrogens is 2. The summed E-state index contributed by atoms with van der Waals surface area (Å²) in [6, 6.07) is 10.6. The summed E-state index contributed by atoms with van der Waals surface area (Å²) >= 11 is 0. The zero-order valence-electron chi connectivity index (χ0n) is 16.2. The summed E-state index contributed by atoms with van der Waals surface area (Å²) in [5.74, 6) is 3.06. The average Bonchev–Trinajstić information content (AvgIpc) is 3.16. The van der Waals surface area contributed by atoms with E-state index in [0.29, 0.717) is 0 Å². The van der Waals surface area contributed by atoms with Crippen LogP contribution in [0.3, 0.4) is 0 Å². The van der Waals surface area contributed by atoms with E-state index in [1.807, 2.05) is 12.1 Å². The summed E-state index contributed by atoms with van der Waals surface area (Å²) in [4.78, 5) is 16.4. The fourth-order valence-corrected chi connectivity index (χ4v) is 3.98. The van der Waals surface area contributed by atoms with Crippen LogP contribution in [0, 0.1) is 0 Å². The van der Waals surface area contributed by atoms with Crippen LogP contribution in [0.1, 0.15) is 24.8 Å². The number of hydrogen-bond donors (Lipinski definition) is 0. The van der Waals surface area contributed by atoms with E-state index >= 15 is 0 Å². The number of hydrogen-bond acceptors (Lipinski definition) is 6. The predicted molar refractivity (Wildman–Crippen MR) is 109 cm³/mol. The van der Waals surface area contributed by atoms with E-state index in [1.54, 1.807) is 13.4 Å². The molecule has 0 saturated carbocycles. The van der Waals surface area contributed by atoms with Gasteiger partial charge in [0.1, 0.15) is 23.7 Å². The smallest absolute Gasteiger partial charge is 0.134 e. The molecule has 6 heteroatoms. The minimum absolute atomic E-state index is 0.915. The maximum atomic E-state index is 5.25. The molecule has 27 heavy (non-hydrogen) atoms. The van der Waals surface area contributed by atoms with Gasteiger partial charge in [-0.2, -0.15) is 0 Å². The highest BCUT2D eigenvalue weighted by Crippen LogP contribution is 2.22. The second kappa shape index (κ2) is 8.57. The van der Waals surface area contributed by atoms with Crippen molar-refractivity contribution in [3.63, 3.8) is 0 Å². The van der Waals surface area contributed by atoms with Crippen LogP contribution in [0.25, 0.3) is 0 Å². The van der Waals surface area contributed by atoms with Crippen molar-refractivity contribution in [3.05, 3.63) is 42.2 Å². The summed E-state index contributed by atoms with van der Waals surface area (Å²) in [7, 11) is 1.71. The Morgan fingerprint density at radius 1 is 0.815 bits per heavy atom. The summed E-state index contributed by atoms with van der Waals surface area (Å²) in [5, 5.41) is 0. The van der Waals surface area contributed by atoms with Crippen LogP contribution in [0.15, 0.2) is 36.7 Å². The highest BCUT2D eigenvalue weighted by molar-refractivity contribution is 5.50. The van der Waals surface area contributed by atoms with Gasteiger partial charge in [0.05, 0.1) is 7.11 Å². The van der Waals surface area contributed by atoms with Crippen LogP contribution in [0.4, 0.5) is 11.6 Å². The van der Waals surface area contributed by atoms with Crippen molar-refractivity contribution in [2.24, 2.45) is 0 Å². The molecule has 2 aromatic rings. The van der Waals surface area contributed by atoms with Crippen molar-refractivity contribution in [1.29, 1.82) is 0 Å². The second-order valence-corrected chi connectivity index (χ2v) is 7.39. The van der Waals surface area contributed by atoms with Crippen molar-refractivity contribution in [3.8, 4) is 5.75 Å². The van der Waals surface area contributed by atoms with Crippen molar-refractivity contribution >= 4 is 11.6 Å². The van der Waals surface area contributed by atoms with Gasteiger partial charge >= 0.3 is 0 Å². The molecule has 2 fully saturated rings. The van der Waals surface area contributed by atoms with Crippen LogP contribution in [-0.2, 0) is 6.54 Å². The lowest BCUT2D eigenvalue weighted by atomic mass is 10.2. The number of anilines is 2. The Hall–Kier alpha value is -2.34. The van der Waals surface area contributed by atoms with Crippen molar-refractivity contribution < 1.29 is 4.74 Å². The zero-order valence-corrected chi connectivity index (χ0v) is 16.2. The highest BCUT2D eigenvalue weighted by Gasteiger charge is 2.19. The molecule has 1 aromatic carbocycles. The number of rotatable bonds is 5. The number of methoxy groups -OCH3 is 1. The summed E-state index contributed by atoms with van der Waals surface area (Å²) in [6.45, 7) is 7.45. The summed E-state index contributed by atoms with van der Waals surface area (Å²) in [6.07, 6.45) is 5.41. The molecule has 144 valence electrons. The highest BCUT2D eigenvalue weighted by atomic mass is 16.5. The molecular weight excluding hydrogens is 338 g/mol. The fourth-order valence-electron chi connectivity index (χ4n) is 3.98. The molecule has 0 radical (unpaired) electrons. The van der Waals surface area contributed by atoms with Gasteiger partial charge in [-0.15, -0.1) is 0 Å². The Labute approximate surface area is 161 Å². The molecule has 2 saturated heterocycles. The van der Waals surface area contributed by atoms with E-state index in [1.165, 1.54) is 18.4 Å². The van der Waals surface area contributed by atoms with E-state index in [-0.39, 0.29) is 0 Å². The third-order valence-corrected chi connectivity index (χ3v) is 5.55. The van der Waals surface area contributed by atoms with Gasteiger partial charge in [-0.05, 0) is 37.0 Å². The molecule has 6 nitrogen and oxygen atoms in total. The predicted octanol–water partition coefficient (Wildman–Crippen LogP) is 2.80. The van der Waals surface area contributed by atoms with Crippen molar-refractivity contribution in [2.75, 3.05) is 56.2 Å². The van der Waals surface area contributed by atoms with Crippen LogP contribution in [0.2, 0.25) is 0 Å². The van der Waals surface area contributed by atoms with Crippen LogP contribution in [0.5, 0.6) is 5.75 Å². The molecule has 2 aliphatic heterocycles. The molecule has 4 rings (SSSR count). The minimum Gasteiger partial charge on any atom is -0.497 e. The summed E-state index contributed by atoms with van der Waals surface area (Å²) in [5.41, 5.74) is 1.34. The van der Waals surface area contributed by atoms with Gasteiger partial charge in [-0.1, -0.05) is 12.1 Å². The van der Waals surface area contributed by atoms with E-state index in [9.17, 15) is 0 Å². The minimum atomic E-state index is 0.915. The van der Waals surface area contributed by atoms with Gasteiger partial charge in [0, 0.05) is 51.9 Å². The largest absolute Gasteiger partial charge is 0.497 e. The number of nitrogens with zero attached hydrogens (tertiary/aromatic N) is 5. The average molecular weight is 367 g/mol. The maximum Gasteiger partial charge on any atom is 0.134 e. The third-order valence-electron chi connectivity index (χ3n) is 5.55. The first-order valence-corrected chi connectivity index (χ1v) is 9.99. The molecular formula is C21H29N5O. The Balaban J connectivity index is 1.37. The van der Waals surface area contributed by atoms with E-state index in [2.05, 4.69) is 42.9 Å². The molecule has 3 heterocycles. The van der Waals surface area contributed by atoms with E-state index in [0.717, 1.165) is 69.6 Å². The molecule has 2 aliphatic rings. The lowest BCUT2D eigenvalue weighted by Gasteiger charge is -2.24. The Morgan fingerprint density at radius 2 is 1.48 bits per heavy atom. The zero-order chi connectivity index (χ0) is 18.5. The molecule has 1 aromatic heterocycles. The molecule has 0 N–H and O–H groups in total. The molecule has 0 spiro atoms. The molecule has 0 aliphatic carbocycles. The normalized spacial score (nSPS) is 18.6. The van der Waals surface area contributed by atoms with Gasteiger partial charge in [-0.25, -0.2) is 9.97 Å². The Morgan fingerprint density at radius 3 is 2.19 bits per heavy atom. The molecule has 0 unspecified atom stereocenters. The first-order valence-electron chi connectivity index (χ1n) is 9.99. The van der Waals surface area contributed by atoms with E-state index < -0.39 is 0 Å². The standard InChI is InChI=1S/C21H29N5O/c1-27-19-7-5-18(6-8-19)16-24-9-4-12-26(14-13-24)21-15-20(22-17-23-21)25-10-2-3-11-25/h5-8,15,17H,2-4,9-14,16H2,1H3. The van der Waals surface area contributed by atoms with Gasteiger partial charge in [-0.3, -0.25) is 4.90 Å². The topological polar surface area (TPSA) is 44.7 Å². The van der Waals surface area contributed by atoms with Gasteiger partial charge < -0.3 is 14.5 Å². The number of benzene rings is 1. The van der Waals surface area contributed by atoms with Gasteiger partial charge in [0.15, 0.2) is 0 Å². The van der Waals surface area contributed by atoms with Crippen LogP contribution in [-0.4, -0.2) is 61.2 Å². The van der Waals surface area contributed by atoms with Gasteiger partial charge in [0.25, 0.3) is 0 Å². The first-order chi connectivity index (χ1) is 13.3. The Kier molecular flexibility index (Phi) is 5.72. The fraction of sp³-hybridized carbons (Fsp3) is 0.524.